The van der Waals surface area contributed by atoms with Crippen LogP contribution in [0.5, 0.6) is 0 Å². The molecule has 2 nitrogen and oxygen atoms in total. The molecule has 28 heavy (non-hydrogen) atoms. The van der Waals surface area contributed by atoms with Crippen molar-refractivity contribution in [3.63, 3.8) is 0 Å². The van der Waals surface area contributed by atoms with Gasteiger partial charge in [0.15, 0.2) is 5.78 Å². The Kier molecular flexibility index (Phi) is 5.84. The number of carbonyl (C=O) groups is 1. The lowest BCUT2D eigenvalue weighted by atomic mass is 9.87. The zero-order valence-electron chi connectivity index (χ0n) is 15.0. The van der Waals surface area contributed by atoms with Crippen molar-refractivity contribution in [1.29, 1.82) is 0 Å². The van der Waals surface area contributed by atoms with Crippen LogP contribution < -0.4 is 0 Å². The Hall–Kier alpha value is -2.66. The summed E-state index contributed by atoms with van der Waals surface area (Å²) >= 11 is 6.00. The monoisotopic (exact) mass is 403 g/mol. The Morgan fingerprint density at radius 1 is 1.07 bits per heavy atom. The first-order valence-corrected chi connectivity index (χ1v) is 9.01. The Morgan fingerprint density at radius 2 is 1.79 bits per heavy atom. The van der Waals surface area contributed by atoms with Crippen LogP contribution >= 0.6 is 11.6 Å². The van der Waals surface area contributed by atoms with Crippen molar-refractivity contribution < 1.29 is 18.0 Å². The first-order valence-electron chi connectivity index (χ1n) is 8.63. The lowest BCUT2D eigenvalue weighted by Crippen LogP contribution is -2.24. The molecule has 3 rings (SSSR count). The van der Waals surface area contributed by atoms with Gasteiger partial charge in [-0.15, -0.1) is 0 Å². The quantitative estimate of drug-likeness (QED) is 0.447. The maximum absolute atomic E-state index is 14.0. The second-order valence-electron chi connectivity index (χ2n) is 6.53. The molecule has 0 aliphatic carbocycles. The number of nitrogens with zero attached hydrogens (tertiary/aromatic N) is 1. The summed E-state index contributed by atoms with van der Waals surface area (Å²) in [6, 6.07) is 15.8. The van der Waals surface area contributed by atoms with Gasteiger partial charge >= 0.3 is 6.18 Å². The van der Waals surface area contributed by atoms with Gasteiger partial charge in [0.1, 0.15) is 0 Å². The third-order valence-corrected chi connectivity index (χ3v) is 4.72. The molecule has 0 spiro atoms. The average Bonchev–Trinajstić information content (AvgIpc) is 2.66. The molecule has 0 amide bonds. The fourth-order valence-corrected chi connectivity index (χ4v) is 3.20. The molecule has 1 atom stereocenters. The van der Waals surface area contributed by atoms with Crippen molar-refractivity contribution in [2.75, 3.05) is 0 Å². The predicted octanol–water partition coefficient (Wildman–Crippen LogP) is 6.63. The number of Topliss-reactive ketones (excluding diaryl/α,β-unsaturated/α-hetero) is 1. The first kappa shape index (κ1) is 20.1. The van der Waals surface area contributed by atoms with E-state index < -0.39 is 24.3 Å². The highest BCUT2D eigenvalue weighted by Gasteiger charge is 2.43. The first-order chi connectivity index (χ1) is 13.3. The smallest absolute Gasteiger partial charge is 0.294 e. The summed E-state index contributed by atoms with van der Waals surface area (Å²) in [5.41, 5.74) is 1.83. The van der Waals surface area contributed by atoms with Gasteiger partial charge in [0.2, 0.25) is 0 Å². The van der Waals surface area contributed by atoms with E-state index >= 15 is 0 Å². The number of benzene rings is 2. The van der Waals surface area contributed by atoms with Crippen molar-refractivity contribution in [2.24, 2.45) is 0 Å². The molecular formula is C22H17ClF3NO. The van der Waals surface area contributed by atoms with E-state index in [9.17, 15) is 18.0 Å². The standard InChI is InChI=1S/C22H17ClF3NO/c1-14-5-7-15(8-6-14)21(28)13-19(22(24,25)26)18-12-16(23)9-10-17(18)20-4-2-3-11-27-20/h2-12,19H,13H2,1H3. The largest absolute Gasteiger partial charge is 0.396 e. The Morgan fingerprint density at radius 3 is 2.39 bits per heavy atom. The van der Waals surface area contributed by atoms with E-state index in [2.05, 4.69) is 4.98 Å². The number of carbonyl (C=O) groups excluding carboxylic acids is 1. The number of hydrogen-bond acceptors (Lipinski definition) is 2. The van der Waals surface area contributed by atoms with Crippen molar-refractivity contribution in [2.45, 2.75) is 25.4 Å². The molecule has 6 heteroatoms. The SMILES string of the molecule is Cc1ccc(C(=O)CC(c2cc(Cl)ccc2-c2ccccn2)C(F)(F)F)cc1. The molecule has 1 aromatic heterocycles. The topological polar surface area (TPSA) is 30.0 Å². The summed E-state index contributed by atoms with van der Waals surface area (Å²) in [6.45, 7) is 1.85. The highest BCUT2D eigenvalue weighted by Crippen LogP contribution is 2.42. The van der Waals surface area contributed by atoms with Gasteiger partial charge in [-0.25, -0.2) is 0 Å². The van der Waals surface area contributed by atoms with Crippen molar-refractivity contribution in [3.05, 3.63) is 88.6 Å². The minimum absolute atomic E-state index is 0.0563. The summed E-state index contributed by atoms with van der Waals surface area (Å²) in [4.78, 5) is 16.7. The minimum Gasteiger partial charge on any atom is -0.294 e. The van der Waals surface area contributed by atoms with Gasteiger partial charge in [0.05, 0.1) is 11.6 Å². The summed E-state index contributed by atoms with van der Waals surface area (Å²) < 4.78 is 41.9. The summed E-state index contributed by atoms with van der Waals surface area (Å²) in [5, 5.41) is 0.173. The highest BCUT2D eigenvalue weighted by atomic mass is 35.5. The predicted molar refractivity (Wildman–Crippen MR) is 104 cm³/mol. The molecule has 144 valence electrons. The van der Waals surface area contributed by atoms with Crippen molar-refractivity contribution in [3.8, 4) is 11.3 Å². The Balaban J connectivity index is 2.04. The molecule has 0 fully saturated rings. The minimum atomic E-state index is -4.62. The van der Waals surface area contributed by atoms with Gasteiger partial charge in [-0.3, -0.25) is 9.78 Å². The Labute approximate surface area is 166 Å². The van der Waals surface area contributed by atoms with Gasteiger partial charge in [0, 0.05) is 28.8 Å². The van der Waals surface area contributed by atoms with Crippen LogP contribution in [0.1, 0.15) is 33.8 Å². The normalized spacial score (nSPS) is 12.6. The molecule has 2 aromatic carbocycles. The lowest BCUT2D eigenvalue weighted by Gasteiger charge is -2.23. The molecule has 0 radical (unpaired) electrons. The fraction of sp³-hybridized carbons (Fsp3) is 0.182. The van der Waals surface area contributed by atoms with Gasteiger partial charge in [0.25, 0.3) is 0 Å². The van der Waals surface area contributed by atoms with Gasteiger partial charge in [-0.05, 0) is 36.8 Å². The maximum atomic E-state index is 14.0. The van der Waals surface area contributed by atoms with Crippen LogP contribution in [0.2, 0.25) is 5.02 Å². The van der Waals surface area contributed by atoms with Crippen LogP contribution in [0.4, 0.5) is 13.2 Å². The third kappa shape index (κ3) is 4.60. The average molecular weight is 404 g/mol. The zero-order chi connectivity index (χ0) is 20.3. The molecule has 1 heterocycles. The van der Waals surface area contributed by atoms with Crippen LogP contribution in [0.15, 0.2) is 66.9 Å². The van der Waals surface area contributed by atoms with Crippen LogP contribution in [0.25, 0.3) is 11.3 Å². The molecule has 0 saturated heterocycles. The van der Waals surface area contributed by atoms with Crippen LogP contribution in [0, 0.1) is 6.92 Å². The van der Waals surface area contributed by atoms with E-state index in [0.717, 1.165) is 5.56 Å². The number of alkyl halides is 3. The van der Waals surface area contributed by atoms with E-state index in [0.29, 0.717) is 11.3 Å². The van der Waals surface area contributed by atoms with Crippen LogP contribution in [0.3, 0.4) is 0 Å². The molecule has 0 aliphatic rings. The summed E-state index contributed by atoms with van der Waals surface area (Å²) in [5.74, 6) is -2.56. The van der Waals surface area contributed by atoms with Crippen LogP contribution in [-0.2, 0) is 0 Å². The van der Waals surface area contributed by atoms with Gasteiger partial charge < -0.3 is 0 Å². The van der Waals surface area contributed by atoms with Crippen molar-refractivity contribution >= 4 is 17.4 Å². The number of aryl methyl sites for hydroxylation is 1. The second-order valence-corrected chi connectivity index (χ2v) is 6.97. The molecule has 1 unspecified atom stereocenters. The number of hydrogen-bond donors (Lipinski definition) is 0. The van der Waals surface area contributed by atoms with E-state index in [1.807, 2.05) is 6.92 Å². The van der Waals surface area contributed by atoms with Gasteiger partial charge in [-0.2, -0.15) is 13.2 Å². The number of aromatic nitrogens is 1. The summed E-state index contributed by atoms with van der Waals surface area (Å²) in [7, 11) is 0. The van der Waals surface area contributed by atoms with E-state index in [1.165, 1.54) is 24.4 Å². The fourth-order valence-electron chi connectivity index (χ4n) is 3.02. The Bertz CT molecular complexity index is 969. The maximum Gasteiger partial charge on any atom is 0.396 e. The number of pyridine rings is 1. The van der Waals surface area contributed by atoms with Crippen molar-refractivity contribution in [1.82, 2.24) is 4.98 Å². The number of ketones is 1. The van der Waals surface area contributed by atoms with Gasteiger partial charge in [-0.1, -0.05) is 53.6 Å². The number of rotatable bonds is 5. The van der Waals surface area contributed by atoms with Crippen LogP contribution in [-0.4, -0.2) is 16.9 Å². The lowest BCUT2D eigenvalue weighted by molar-refractivity contribution is -0.149. The summed E-state index contributed by atoms with van der Waals surface area (Å²) in [6.07, 6.45) is -3.81. The van der Waals surface area contributed by atoms with E-state index in [-0.39, 0.29) is 16.1 Å². The molecule has 0 bridgehead atoms. The highest BCUT2D eigenvalue weighted by molar-refractivity contribution is 6.30. The molecular weight excluding hydrogens is 387 g/mol. The van der Waals surface area contributed by atoms with E-state index in [4.69, 9.17) is 11.6 Å². The zero-order valence-corrected chi connectivity index (χ0v) is 15.8. The molecule has 0 saturated carbocycles. The van der Waals surface area contributed by atoms with E-state index in [1.54, 1.807) is 42.5 Å². The number of halogens is 4. The second kappa shape index (κ2) is 8.15. The third-order valence-electron chi connectivity index (χ3n) is 4.49. The molecule has 0 aliphatic heterocycles. The molecule has 0 N–H and O–H groups in total. The molecule has 3 aromatic rings.